The van der Waals surface area contributed by atoms with Crippen LogP contribution in [0.15, 0.2) is 18.2 Å². The molecule has 8 heteroatoms. The molecule has 184 valence electrons. The third-order valence-electron chi connectivity index (χ3n) is 8.03. The van der Waals surface area contributed by atoms with Crippen molar-refractivity contribution in [2.75, 3.05) is 13.7 Å². The fourth-order valence-corrected chi connectivity index (χ4v) is 5.99. The molecule has 4 aliphatic rings. The first-order valence-corrected chi connectivity index (χ1v) is 12.7. The van der Waals surface area contributed by atoms with Gasteiger partial charge in [-0.3, -0.25) is 19.7 Å². The number of imide groups is 1. The van der Waals surface area contributed by atoms with Gasteiger partial charge in [0.25, 0.3) is 5.91 Å². The molecule has 0 bridgehead atoms. The van der Waals surface area contributed by atoms with Crippen molar-refractivity contribution < 1.29 is 23.9 Å². The smallest absolute Gasteiger partial charge is 0.255 e. The minimum atomic E-state index is -0.593. The number of ether oxygens (including phenoxy) is 2. The van der Waals surface area contributed by atoms with Crippen LogP contribution in [-0.4, -0.2) is 60.6 Å². The zero-order valence-corrected chi connectivity index (χ0v) is 19.9. The van der Waals surface area contributed by atoms with E-state index in [-0.39, 0.29) is 30.2 Å². The van der Waals surface area contributed by atoms with Crippen LogP contribution in [0.1, 0.15) is 73.7 Å². The van der Waals surface area contributed by atoms with Crippen molar-refractivity contribution >= 4 is 17.7 Å². The average Bonchev–Trinajstić information content (AvgIpc) is 3.41. The quantitative estimate of drug-likeness (QED) is 0.596. The predicted octanol–water partition coefficient (Wildman–Crippen LogP) is 2.54. The molecule has 2 heterocycles. The maximum Gasteiger partial charge on any atom is 0.255 e. The number of nitrogens with zero attached hydrogens (tertiary/aromatic N) is 1. The van der Waals surface area contributed by atoms with Gasteiger partial charge in [-0.25, -0.2) is 0 Å². The van der Waals surface area contributed by atoms with Gasteiger partial charge in [0.15, 0.2) is 0 Å². The number of amides is 3. The van der Waals surface area contributed by atoms with E-state index in [9.17, 15) is 14.4 Å². The normalized spacial score (nSPS) is 31.5. The molecule has 2 N–H and O–H groups in total. The summed E-state index contributed by atoms with van der Waals surface area (Å²) in [5.41, 5.74) is 1.49. The van der Waals surface area contributed by atoms with Gasteiger partial charge in [-0.2, -0.15) is 0 Å². The van der Waals surface area contributed by atoms with Gasteiger partial charge in [-0.05, 0) is 87.6 Å². The lowest BCUT2D eigenvalue weighted by atomic mass is 9.87. The first-order valence-electron chi connectivity index (χ1n) is 12.7. The molecule has 0 spiro atoms. The summed E-state index contributed by atoms with van der Waals surface area (Å²) < 4.78 is 11.9. The van der Waals surface area contributed by atoms with Crippen LogP contribution < -0.4 is 15.4 Å². The van der Waals surface area contributed by atoms with E-state index in [0.717, 1.165) is 50.0 Å². The number of hydrogen-bond donors (Lipinski definition) is 2. The van der Waals surface area contributed by atoms with Gasteiger partial charge < -0.3 is 19.7 Å². The van der Waals surface area contributed by atoms with Crippen LogP contribution in [0.3, 0.4) is 0 Å². The van der Waals surface area contributed by atoms with Crippen LogP contribution in [0.5, 0.6) is 5.75 Å². The molecule has 2 aliphatic carbocycles. The Morgan fingerprint density at radius 2 is 1.88 bits per heavy atom. The molecule has 5 rings (SSSR count). The molecule has 2 aliphatic heterocycles. The van der Waals surface area contributed by atoms with Gasteiger partial charge in [0.2, 0.25) is 11.8 Å². The first kappa shape index (κ1) is 23.3. The van der Waals surface area contributed by atoms with Crippen molar-refractivity contribution in [3.05, 3.63) is 29.3 Å². The zero-order valence-electron chi connectivity index (χ0n) is 19.9. The van der Waals surface area contributed by atoms with Crippen molar-refractivity contribution in [2.45, 2.75) is 88.6 Å². The van der Waals surface area contributed by atoms with Gasteiger partial charge in [-0.1, -0.05) is 0 Å². The molecule has 2 saturated carbocycles. The molecule has 34 heavy (non-hydrogen) atoms. The van der Waals surface area contributed by atoms with Gasteiger partial charge in [0, 0.05) is 31.7 Å². The van der Waals surface area contributed by atoms with Crippen molar-refractivity contribution in [3.8, 4) is 5.75 Å². The third-order valence-corrected chi connectivity index (χ3v) is 8.03. The van der Waals surface area contributed by atoms with E-state index >= 15 is 0 Å². The molecule has 0 radical (unpaired) electrons. The van der Waals surface area contributed by atoms with Crippen LogP contribution in [-0.2, 0) is 20.9 Å². The lowest BCUT2D eigenvalue weighted by Crippen LogP contribution is -2.52. The summed E-state index contributed by atoms with van der Waals surface area (Å²) >= 11 is 0. The summed E-state index contributed by atoms with van der Waals surface area (Å²) in [6.07, 6.45) is 9.19. The fraction of sp³-hybridized carbons (Fsp3) is 0.654. The van der Waals surface area contributed by atoms with E-state index in [1.165, 1.54) is 12.8 Å². The van der Waals surface area contributed by atoms with E-state index < -0.39 is 6.04 Å². The standard InChI is InChI=1S/C26H35N3O5/c1-33-18-7-5-16(6-8-18)14-27-21-3-2-4-23(21)34-19-9-10-20-17(13-19)15-29(26(20)32)22-11-12-24(30)28-25(22)31/h9-10,13,16,18,21-23,27H,2-8,11-12,14-15H2,1H3,(H,28,30,31)/t16-,18-,21-,22?,23+/m1/s1. The number of carbonyl (C=O) groups is 3. The molecule has 8 nitrogen and oxygen atoms in total. The van der Waals surface area contributed by atoms with Crippen LogP contribution in [0.4, 0.5) is 0 Å². The Morgan fingerprint density at radius 1 is 1.06 bits per heavy atom. The van der Waals surface area contributed by atoms with Gasteiger partial charge in [0.05, 0.1) is 6.10 Å². The predicted molar refractivity (Wildman–Crippen MR) is 125 cm³/mol. The monoisotopic (exact) mass is 469 g/mol. The van der Waals surface area contributed by atoms with Crippen molar-refractivity contribution in [1.82, 2.24) is 15.5 Å². The van der Waals surface area contributed by atoms with Crippen LogP contribution >= 0.6 is 0 Å². The number of methoxy groups -OCH3 is 1. The highest BCUT2D eigenvalue weighted by atomic mass is 16.5. The van der Waals surface area contributed by atoms with Crippen LogP contribution in [0, 0.1) is 5.92 Å². The highest BCUT2D eigenvalue weighted by Crippen LogP contribution is 2.32. The molecule has 1 aromatic rings. The Kier molecular flexibility index (Phi) is 6.88. The Morgan fingerprint density at radius 3 is 2.65 bits per heavy atom. The minimum Gasteiger partial charge on any atom is -0.489 e. The topological polar surface area (TPSA) is 97.0 Å². The molecule has 0 aromatic heterocycles. The fourth-order valence-electron chi connectivity index (χ4n) is 5.99. The van der Waals surface area contributed by atoms with Crippen LogP contribution in [0.25, 0.3) is 0 Å². The number of piperidine rings is 1. The van der Waals surface area contributed by atoms with E-state index in [1.54, 1.807) is 4.90 Å². The zero-order chi connectivity index (χ0) is 23.7. The Bertz CT molecular complexity index is 942. The number of carbonyl (C=O) groups excluding carboxylic acids is 3. The van der Waals surface area contributed by atoms with E-state index in [0.29, 0.717) is 36.6 Å². The maximum atomic E-state index is 12.9. The highest BCUT2D eigenvalue weighted by Gasteiger charge is 2.39. The lowest BCUT2D eigenvalue weighted by molar-refractivity contribution is -0.136. The summed E-state index contributed by atoms with van der Waals surface area (Å²) in [4.78, 5) is 38.2. The lowest BCUT2D eigenvalue weighted by Gasteiger charge is -2.30. The second-order valence-corrected chi connectivity index (χ2v) is 10.2. The number of hydrogen-bond acceptors (Lipinski definition) is 6. The summed E-state index contributed by atoms with van der Waals surface area (Å²) in [5.74, 6) is 0.667. The molecular formula is C26H35N3O5. The number of fused-ring (bicyclic) bond motifs is 1. The number of nitrogens with one attached hydrogen (secondary N) is 2. The Hall–Kier alpha value is -2.45. The molecular weight excluding hydrogens is 434 g/mol. The Labute approximate surface area is 200 Å². The molecule has 1 aromatic carbocycles. The Balaban J connectivity index is 1.17. The summed E-state index contributed by atoms with van der Waals surface area (Å²) in [7, 11) is 1.81. The van der Waals surface area contributed by atoms with Crippen molar-refractivity contribution in [3.63, 3.8) is 0 Å². The molecule has 3 amide bonds. The van der Waals surface area contributed by atoms with E-state index in [4.69, 9.17) is 9.47 Å². The third kappa shape index (κ3) is 4.84. The summed E-state index contributed by atoms with van der Waals surface area (Å²) in [6, 6.07) is 5.37. The van der Waals surface area contributed by atoms with E-state index in [2.05, 4.69) is 10.6 Å². The van der Waals surface area contributed by atoms with Gasteiger partial charge in [-0.15, -0.1) is 0 Å². The largest absolute Gasteiger partial charge is 0.489 e. The molecule has 1 unspecified atom stereocenters. The van der Waals surface area contributed by atoms with Crippen molar-refractivity contribution in [1.29, 1.82) is 0 Å². The van der Waals surface area contributed by atoms with Gasteiger partial charge >= 0.3 is 0 Å². The summed E-state index contributed by atoms with van der Waals surface area (Å²) in [5, 5.41) is 6.12. The van der Waals surface area contributed by atoms with E-state index in [1.807, 2.05) is 25.3 Å². The molecule has 1 saturated heterocycles. The number of benzene rings is 1. The molecule has 3 fully saturated rings. The van der Waals surface area contributed by atoms with Gasteiger partial charge in [0.1, 0.15) is 17.9 Å². The number of rotatable bonds is 7. The highest BCUT2D eigenvalue weighted by molar-refractivity contribution is 6.05. The molecule has 3 atom stereocenters. The first-order chi connectivity index (χ1) is 16.5. The average molecular weight is 470 g/mol. The van der Waals surface area contributed by atoms with Crippen molar-refractivity contribution in [2.24, 2.45) is 5.92 Å². The van der Waals surface area contributed by atoms with Crippen LogP contribution in [0.2, 0.25) is 0 Å². The minimum absolute atomic E-state index is 0.122. The SMILES string of the molecule is CO[C@H]1CC[C@H](CN[C@@H]2CCC[C@@H]2Oc2ccc3c(c2)CN(C2CCC(=O)NC2=O)C3=O)CC1. The second-order valence-electron chi connectivity index (χ2n) is 10.2. The maximum absolute atomic E-state index is 12.9. The second kappa shape index (κ2) is 10.0. The summed E-state index contributed by atoms with van der Waals surface area (Å²) in [6.45, 7) is 1.40.